The first kappa shape index (κ1) is 28.2. The van der Waals surface area contributed by atoms with Crippen molar-refractivity contribution in [2.45, 2.75) is 44.4 Å². The van der Waals surface area contributed by atoms with Crippen LogP contribution < -0.4 is 4.74 Å². The molecular formula is C22H25ClF3N5O6. The van der Waals surface area contributed by atoms with Gasteiger partial charge in [0.2, 0.25) is 0 Å². The van der Waals surface area contributed by atoms with Gasteiger partial charge in [-0.25, -0.2) is 4.79 Å². The number of amides is 1. The zero-order valence-corrected chi connectivity index (χ0v) is 20.6. The van der Waals surface area contributed by atoms with Gasteiger partial charge in [-0.2, -0.15) is 0 Å². The number of ether oxygens (including phenoxy) is 1. The largest absolute Gasteiger partial charge is 0.573 e. The minimum atomic E-state index is -4.87. The van der Waals surface area contributed by atoms with Gasteiger partial charge in [0.05, 0.1) is 24.2 Å². The second-order valence-electron chi connectivity index (χ2n) is 8.77. The van der Waals surface area contributed by atoms with Crippen LogP contribution >= 0.6 is 11.6 Å². The molecule has 15 heteroatoms. The van der Waals surface area contributed by atoms with E-state index < -0.39 is 46.6 Å². The summed E-state index contributed by atoms with van der Waals surface area (Å²) in [6, 6.07) is 3.68. The average Bonchev–Trinajstić information content (AvgIpc) is 3.13. The van der Waals surface area contributed by atoms with Gasteiger partial charge in [-0.1, -0.05) is 24.3 Å². The maximum atomic E-state index is 12.6. The van der Waals surface area contributed by atoms with E-state index in [1.54, 1.807) is 19.1 Å². The summed E-state index contributed by atoms with van der Waals surface area (Å²) in [5, 5.41) is 31.8. The highest BCUT2D eigenvalue weighted by atomic mass is 35.5. The van der Waals surface area contributed by atoms with Crippen LogP contribution in [0.15, 0.2) is 42.6 Å². The molecule has 0 spiro atoms. The molecule has 3 rings (SSSR count). The van der Waals surface area contributed by atoms with Gasteiger partial charge in [0.25, 0.3) is 0 Å². The average molecular weight is 548 g/mol. The SMILES string of the molecule is CC=CC1C(c2ccc(OC(F)(F)F)cc2)N(CC(C)(O)Cn2cc([N+](=O)[O-])nc2Cl)CCN1C(=O)O. The number of nitro groups is 1. The van der Waals surface area contributed by atoms with Gasteiger partial charge in [0.15, 0.2) is 0 Å². The predicted molar refractivity (Wildman–Crippen MR) is 125 cm³/mol. The molecule has 0 radical (unpaired) electrons. The lowest BCUT2D eigenvalue weighted by Gasteiger charge is -2.47. The van der Waals surface area contributed by atoms with E-state index in [1.165, 1.54) is 28.5 Å². The van der Waals surface area contributed by atoms with Gasteiger partial charge in [-0.15, -0.1) is 13.2 Å². The van der Waals surface area contributed by atoms with Crippen LogP contribution in [0.1, 0.15) is 25.5 Å². The molecule has 2 heterocycles. The number of carboxylic acid groups (broad SMARTS) is 1. The number of allylic oxidation sites excluding steroid dienone is 1. The highest BCUT2D eigenvalue weighted by Gasteiger charge is 2.41. The first-order valence-electron chi connectivity index (χ1n) is 11.0. The summed E-state index contributed by atoms with van der Waals surface area (Å²) in [6.45, 7) is 3.30. The fourth-order valence-electron chi connectivity index (χ4n) is 4.43. The standard InChI is InChI=1S/C22H25ClF3N5O6/c1-3-4-16-18(14-5-7-15(8-6-14)37-22(24,25)26)28(9-10-30(16)20(32)33)12-21(2,34)13-29-11-17(31(35)36)27-19(29)23/h3-8,11,16,18,34H,9-10,12-13H2,1-2H3,(H,32,33). The number of hydrogen-bond donors (Lipinski definition) is 2. The topological polar surface area (TPSA) is 134 Å². The zero-order valence-electron chi connectivity index (χ0n) is 19.8. The number of aliphatic hydroxyl groups is 1. The molecule has 2 aromatic rings. The Hall–Kier alpha value is -3.36. The van der Waals surface area contributed by atoms with E-state index in [0.717, 1.165) is 18.3 Å². The van der Waals surface area contributed by atoms with Crippen molar-refractivity contribution < 1.29 is 37.8 Å². The molecule has 3 unspecified atom stereocenters. The molecule has 0 aliphatic carbocycles. The smallest absolute Gasteiger partial charge is 0.465 e. The third-order valence-electron chi connectivity index (χ3n) is 5.75. The number of alkyl halides is 3. The molecule has 1 fully saturated rings. The summed E-state index contributed by atoms with van der Waals surface area (Å²) in [7, 11) is 0. The second kappa shape index (κ2) is 10.9. The minimum Gasteiger partial charge on any atom is -0.465 e. The van der Waals surface area contributed by atoms with Crippen LogP contribution in [-0.2, 0) is 6.54 Å². The van der Waals surface area contributed by atoms with Crippen molar-refractivity contribution in [3.63, 3.8) is 0 Å². The molecule has 3 atom stereocenters. The number of carbonyl (C=O) groups is 1. The van der Waals surface area contributed by atoms with E-state index in [2.05, 4.69) is 9.72 Å². The van der Waals surface area contributed by atoms with Crippen molar-refractivity contribution in [2.75, 3.05) is 19.6 Å². The number of halogens is 4. The number of piperazine rings is 1. The van der Waals surface area contributed by atoms with Crippen LogP contribution in [0.2, 0.25) is 5.28 Å². The fourth-order valence-corrected chi connectivity index (χ4v) is 4.62. The van der Waals surface area contributed by atoms with Gasteiger partial charge in [0.1, 0.15) is 11.9 Å². The van der Waals surface area contributed by atoms with E-state index in [0.29, 0.717) is 5.56 Å². The third kappa shape index (κ3) is 7.11. The van der Waals surface area contributed by atoms with Crippen molar-refractivity contribution >= 4 is 23.5 Å². The van der Waals surface area contributed by atoms with Crippen molar-refractivity contribution in [2.24, 2.45) is 0 Å². The van der Waals surface area contributed by atoms with Crippen LogP contribution in [0.5, 0.6) is 5.75 Å². The molecule has 1 saturated heterocycles. The molecule has 1 aliphatic heterocycles. The number of aromatic nitrogens is 2. The molecule has 0 bridgehead atoms. The molecule has 11 nitrogen and oxygen atoms in total. The molecular weight excluding hydrogens is 523 g/mol. The van der Waals surface area contributed by atoms with Gasteiger partial charge >= 0.3 is 23.6 Å². The van der Waals surface area contributed by atoms with Crippen LogP contribution in [0.4, 0.5) is 23.8 Å². The highest BCUT2D eigenvalue weighted by molar-refractivity contribution is 6.28. The summed E-state index contributed by atoms with van der Waals surface area (Å²) in [4.78, 5) is 28.9. The second-order valence-corrected chi connectivity index (χ2v) is 9.11. The molecule has 1 aliphatic rings. The van der Waals surface area contributed by atoms with E-state index in [1.807, 2.05) is 4.90 Å². The lowest BCUT2D eigenvalue weighted by Crippen LogP contribution is -2.58. The van der Waals surface area contributed by atoms with E-state index >= 15 is 0 Å². The Labute approximate surface area is 214 Å². The van der Waals surface area contributed by atoms with Crippen LogP contribution in [0.25, 0.3) is 0 Å². The van der Waals surface area contributed by atoms with Crippen molar-refractivity contribution in [3.8, 4) is 5.75 Å². The maximum Gasteiger partial charge on any atom is 0.573 e. The number of β-amino-alcohol motifs (C(OH)–C–C–N with tert-alkyl or cyclic N) is 1. The lowest BCUT2D eigenvalue weighted by molar-refractivity contribution is -0.389. The van der Waals surface area contributed by atoms with Crippen LogP contribution in [-0.4, -0.2) is 78.2 Å². The van der Waals surface area contributed by atoms with Gasteiger partial charge in [0, 0.05) is 19.6 Å². The Morgan fingerprint density at radius 2 is 1.95 bits per heavy atom. The zero-order chi connectivity index (χ0) is 27.5. The Morgan fingerprint density at radius 1 is 1.30 bits per heavy atom. The summed E-state index contributed by atoms with van der Waals surface area (Å²) in [5.41, 5.74) is -1.02. The van der Waals surface area contributed by atoms with Gasteiger partial charge < -0.3 is 25.1 Å². The first-order valence-corrected chi connectivity index (χ1v) is 11.4. The summed E-state index contributed by atoms with van der Waals surface area (Å²) >= 11 is 5.99. The monoisotopic (exact) mass is 547 g/mol. The Morgan fingerprint density at radius 3 is 2.46 bits per heavy atom. The van der Waals surface area contributed by atoms with Crippen molar-refractivity contribution in [1.29, 1.82) is 0 Å². The quantitative estimate of drug-likeness (QED) is 0.287. The summed E-state index contributed by atoms with van der Waals surface area (Å²) in [5.74, 6) is -0.914. The van der Waals surface area contributed by atoms with Crippen molar-refractivity contribution in [3.05, 3.63) is 63.6 Å². The molecule has 202 valence electrons. The fraction of sp³-hybridized carbons (Fsp3) is 0.455. The molecule has 1 amide bonds. The third-order valence-corrected chi connectivity index (χ3v) is 6.05. The Bertz CT molecular complexity index is 1150. The molecule has 1 aromatic carbocycles. The van der Waals surface area contributed by atoms with Crippen LogP contribution in [0, 0.1) is 10.1 Å². The van der Waals surface area contributed by atoms with Gasteiger partial charge in [-0.05, 0) is 53.1 Å². The minimum absolute atomic E-state index is 0.0255. The lowest BCUT2D eigenvalue weighted by atomic mass is 9.91. The molecule has 37 heavy (non-hydrogen) atoms. The van der Waals surface area contributed by atoms with E-state index in [4.69, 9.17) is 11.6 Å². The number of nitrogens with zero attached hydrogens (tertiary/aromatic N) is 5. The number of benzene rings is 1. The van der Waals surface area contributed by atoms with Gasteiger partial charge in [-0.3, -0.25) is 14.4 Å². The number of rotatable bonds is 8. The molecule has 2 N–H and O–H groups in total. The van der Waals surface area contributed by atoms with Crippen molar-refractivity contribution in [1.82, 2.24) is 19.4 Å². The van der Waals surface area contributed by atoms with E-state index in [-0.39, 0.29) is 31.5 Å². The maximum absolute atomic E-state index is 12.6. The number of hydrogen-bond acceptors (Lipinski definition) is 7. The highest BCUT2D eigenvalue weighted by Crippen LogP contribution is 2.35. The van der Waals surface area contributed by atoms with Crippen LogP contribution in [0.3, 0.4) is 0 Å². The normalized spacial score (nSPS) is 20.7. The number of imidazole rings is 1. The Balaban J connectivity index is 1.93. The first-order chi connectivity index (χ1) is 17.2. The summed E-state index contributed by atoms with van der Waals surface area (Å²) in [6.07, 6.45) is -1.61. The Kier molecular flexibility index (Phi) is 8.35. The summed E-state index contributed by atoms with van der Waals surface area (Å²) < 4.78 is 43.0. The predicted octanol–water partition coefficient (Wildman–Crippen LogP) is 4.08. The molecule has 0 saturated carbocycles. The van der Waals surface area contributed by atoms with E-state index in [9.17, 15) is 38.3 Å². The molecule has 1 aromatic heterocycles.